The lowest BCUT2D eigenvalue weighted by molar-refractivity contribution is -0.143. The molecule has 1 aliphatic rings. The Hall–Kier alpha value is -2.02. The molecule has 1 aromatic heterocycles. The summed E-state index contributed by atoms with van der Waals surface area (Å²) in [4.78, 5) is 26.5. The Morgan fingerprint density at radius 1 is 1.33 bits per heavy atom. The number of amides is 2. The maximum Gasteiger partial charge on any atom is 0.320 e. The van der Waals surface area contributed by atoms with E-state index in [-0.39, 0.29) is 6.03 Å². The Balaban J connectivity index is 1.76. The van der Waals surface area contributed by atoms with Gasteiger partial charge in [0.05, 0.1) is 6.54 Å². The molecule has 116 valence electrons. The van der Waals surface area contributed by atoms with Gasteiger partial charge in [0.2, 0.25) is 0 Å². The van der Waals surface area contributed by atoms with Crippen LogP contribution in [0.4, 0.5) is 4.79 Å². The minimum absolute atomic E-state index is 0.147. The number of nitrogens with zero attached hydrogens (tertiary/aromatic N) is 2. The van der Waals surface area contributed by atoms with Crippen molar-refractivity contribution >= 4 is 12.0 Å². The van der Waals surface area contributed by atoms with Crippen LogP contribution in [0.2, 0.25) is 0 Å². The Morgan fingerprint density at radius 3 is 2.52 bits per heavy atom. The van der Waals surface area contributed by atoms with E-state index in [4.69, 9.17) is 9.52 Å². The number of urea groups is 1. The summed E-state index contributed by atoms with van der Waals surface area (Å²) in [5.41, 5.74) is 0. The lowest BCUT2D eigenvalue weighted by Gasteiger charge is -2.36. The number of rotatable bonds is 4. The van der Waals surface area contributed by atoms with Gasteiger partial charge in [-0.1, -0.05) is 0 Å². The van der Waals surface area contributed by atoms with Crippen molar-refractivity contribution in [1.82, 2.24) is 15.1 Å². The summed E-state index contributed by atoms with van der Waals surface area (Å²) in [6.07, 6.45) is 0. The van der Waals surface area contributed by atoms with Gasteiger partial charge in [0.15, 0.2) is 0 Å². The number of aliphatic carboxylic acids is 1. The topological polar surface area (TPSA) is 86.0 Å². The summed E-state index contributed by atoms with van der Waals surface area (Å²) in [6, 6.07) is 3.03. The molecule has 0 aromatic carbocycles. The number of hydrogen-bond donors (Lipinski definition) is 2. The first-order chi connectivity index (χ1) is 9.97. The van der Waals surface area contributed by atoms with E-state index in [2.05, 4.69) is 5.32 Å². The number of carbonyl (C=O) groups is 2. The van der Waals surface area contributed by atoms with Gasteiger partial charge in [0.1, 0.15) is 17.6 Å². The highest BCUT2D eigenvalue weighted by atomic mass is 16.4. The average molecular weight is 295 g/mol. The van der Waals surface area contributed by atoms with E-state index in [0.29, 0.717) is 32.7 Å². The summed E-state index contributed by atoms with van der Waals surface area (Å²) in [7, 11) is 0. The van der Waals surface area contributed by atoms with Crippen LogP contribution in [0.15, 0.2) is 16.5 Å². The Kier molecular flexibility index (Phi) is 4.85. The van der Waals surface area contributed by atoms with Crippen molar-refractivity contribution in [3.8, 4) is 0 Å². The Bertz CT molecular complexity index is 506. The van der Waals surface area contributed by atoms with Crippen molar-refractivity contribution in [2.24, 2.45) is 0 Å². The first-order valence-corrected chi connectivity index (χ1v) is 7.02. The first kappa shape index (κ1) is 15.4. The number of piperazine rings is 1. The smallest absolute Gasteiger partial charge is 0.320 e. The normalized spacial score (nSPS) is 17.5. The molecule has 2 N–H and O–H groups in total. The molecule has 21 heavy (non-hydrogen) atoms. The van der Waals surface area contributed by atoms with Gasteiger partial charge in [-0.25, -0.2) is 4.79 Å². The molecule has 1 aliphatic heterocycles. The van der Waals surface area contributed by atoms with E-state index in [0.717, 1.165) is 11.5 Å². The molecule has 1 aromatic rings. The van der Waals surface area contributed by atoms with Crippen molar-refractivity contribution in [3.63, 3.8) is 0 Å². The minimum Gasteiger partial charge on any atom is -0.480 e. The van der Waals surface area contributed by atoms with E-state index >= 15 is 0 Å². The van der Waals surface area contributed by atoms with Crippen molar-refractivity contribution in [2.75, 3.05) is 26.2 Å². The molecule has 7 heteroatoms. The van der Waals surface area contributed by atoms with Crippen molar-refractivity contribution in [1.29, 1.82) is 0 Å². The zero-order valence-corrected chi connectivity index (χ0v) is 12.3. The zero-order valence-electron chi connectivity index (χ0n) is 12.3. The molecule has 0 spiro atoms. The van der Waals surface area contributed by atoms with Crippen LogP contribution in [0, 0.1) is 6.92 Å². The third-order valence-electron chi connectivity index (χ3n) is 3.72. The fourth-order valence-electron chi connectivity index (χ4n) is 2.32. The highest BCUT2D eigenvalue weighted by Gasteiger charge is 2.27. The van der Waals surface area contributed by atoms with E-state index < -0.39 is 12.0 Å². The monoisotopic (exact) mass is 295 g/mol. The highest BCUT2D eigenvalue weighted by molar-refractivity contribution is 5.74. The number of furan rings is 1. The second-order valence-corrected chi connectivity index (χ2v) is 5.21. The van der Waals surface area contributed by atoms with E-state index in [9.17, 15) is 9.59 Å². The van der Waals surface area contributed by atoms with Crippen molar-refractivity contribution in [3.05, 3.63) is 23.7 Å². The summed E-state index contributed by atoms with van der Waals surface area (Å²) >= 11 is 0. The van der Waals surface area contributed by atoms with Crippen LogP contribution in [0.3, 0.4) is 0 Å². The molecule has 2 rings (SSSR count). The molecular formula is C14H21N3O4. The maximum atomic E-state index is 12.0. The molecule has 1 fully saturated rings. The van der Waals surface area contributed by atoms with Gasteiger partial charge in [-0.2, -0.15) is 0 Å². The standard InChI is InChI=1S/C14H21N3O4/c1-10-3-4-12(21-10)9-15-14(20)17-7-5-16(6-8-17)11(2)13(18)19/h3-4,11H,5-9H2,1-2H3,(H,15,20)(H,18,19). The number of nitrogens with one attached hydrogen (secondary N) is 1. The Morgan fingerprint density at radius 2 is 2.00 bits per heavy atom. The highest BCUT2D eigenvalue weighted by Crippen LogP contribution is 2.08. The van der Waals surface area contributed by atoms with Gasteiger partial charge in [-0.05, 0) is 26.0 Å². The Labute approximate surface area is 123 Å². The molecule has 0 saturated carbocycles. The molecule has 1 unspecified atom stereocenters. The van der Waals surface area contributed by atoms with Crippen molar-refractivity contribution in [2.45, 2.75) is 26.4 Å². The van der Waals surface area contributed by atoms with Crippen LogP contribution in [0.25, 0.3) is 0 Å². The molecule has 2 amide bonds. The van der Waals surface area contributed by atoms with Gasteiger partial charge in [0, 0.05) is 26.2 Å². The molecule has 2 heterocycles. The molecule has 0 radical (unpaired) electrons. The molecular weight excluding hydrogens is 274 g/mol. The van der Waals surface area contributed by atoms with E-state index in [1.54, 1.807) is 11.8 Å². The fraction of sp³-hybridized carbons (Fsp3) is 0.571. The summed E-state index contributed by atoms with van der Waals surface area (Å²) < 4.78 is 5.39. The maximum absolute atomic E-state index is 12.0. The fourth-order valence-corrected chi connectivity index (χ4v) is 2.32. The minimum atomic E-state index is -0.832. The van der Waals surface area contributed by atoms with Crippen molar-refractivity contribution < 1.29 is 19.1 Å². The summed E-state index contributed by atoms with van der Waals surface area (Å²) in [5, 5.41) is 11.8. The van der Waals surface area contributed by atoms with Crippen LogP contribution in [0.1, 0.15) is 18.4 Å². The van der Waals surface area contributed by atoms with Crippen LogP contribution in [-0.2, 0) is 11.3 Å². The predicted octanol–water partition coefficient (Wildman–Crippen LogP) is 0.888. The quantitative estimate of drug-likeness (QED) is 0.861. The van der Waals surface area contributed by atoms with Gasteiger partial charge >= 0.3 is 12.0 Å². The van der Waals surface area contributed by atoms with Crippen LogP contribution in [0.5, 0.6) is 0 Å². The average Bonchev–Trinajstić information content (AvgIpc) is 2.89. The number of aryl methyl sites for hydroxylation is 1. The SMILES string of the molecule is Cc1ccc(CNC(=O)N2CCN(C(C)C(=O)O)CC2)o1. The third-order valence-corrected chi connectivity index (χ3v) is 3.72. The van der Waals surface area contributed by atoms with Gasteiger partial charge in [-0.3, -0.25) is 9.69 Å². The molecule has 0 bridgehead atoms. The number of carboxylic acid groups (broad SMARTS) is 1. The molecule has 7 nitrogen and oxygen atoms in total. The molecule has 1 atom stereocenters. The number of carboxylic acids is 1. The largest absolute Gasteiger partial charge is 0.480 e. The second kappa shape index (κ2) is 6.62. The lowest BCUT2D eigenvalue weighted by atomic mass is 10.2. The zero-order chi connectivity index (χ0) is 15.4. The molecule has 0 aliphatic carbocycles. The lowest BCUT2D eigenvalue weighted by Crippen LogP contribution is -2.54. The van der Waals surface area contributed by atoms with Gasteiger partial charge in [0.25, 0.3) is 0 Å². The molecule has 1 saturated heterocycles. The van der Waals surface area contributed by atoms with Gasteiger partial charge < -0.3 is 19.7 Å². The summed E-state index contributed by atoms with van der Waals surface area (Å²) in [5.74, 6) is 0.704. The van der Waals surface area contributed by atoms with E-state index in [1.165, 1.54) is 0 Å². The van der Waals surface area contributed by atoms with Crippen LogP contribution >= 0.6 is 0 Å². The van der Waals surface area contributed by atoms with Crippen LogP contribution < -0.4 is 5.32 Å². The van der Waals surface area contributed by atoms with E-state index in [1.807, 2.05) is 24.0 Å². The van der Waals surface area contributed by atoms with Gasteiger partial charge in [-0.15, -0.1) is 0 Å². The van der Waals surface area contributed by atoms with Crippen LogP contribution in [-0.4, -0.2) is 59.1 Å². The first-order valence-electron chi connectivity index (χ1n) is 7.02. The number of hydrogen-bond acceptors (Lipinski definition) is 4. The summed E-state index contributed by atoms with van der Waals surface area (Å²) in [6.45, 7) is 6.08. The third kappa shape index (κ3) is 3.98. The second-order valence-electron chi connectivity index (χ2n) is 5.21. The number of carbonyl (C=O) groups excluding carboxylic acids is 1. The predicted molar refractivity (Wildman–Crippen MR) is 75.9 cm³/mol.